The van der Waals surface area contributed by atoms with Crippen molar-refractivity contribution in [2.75, 3.05) is 7.11 Å². The van der Waals surface area contributed by atoms with Gasteiger partial charge in [-0.1, -0.05) is 12.1 Å². The second kappa shape index (κ2) is 5.70. The zero-order valence-electron chi connectivity index (χ0n) is 12.8. The van der Waals surface area contributed by atoms with Crippen LogP contribution in [0, 0.1) is 0 Å². The molecule has 0 amide bonds. The summed E-state index contributed by atoms with van der Waals surface area (Å²) in [6.45, 7) is 0.596. The molecule has 0 saturated heterocycles. The predicted octanol–water partition coefficient (Wildman–Crippen LogP) is 3.36. The molecule has 0 aliphatic carbocycles. The van der Waals surface area contributed by atoms with Gasteiger partial charge in [0.25, 0.3) is 0 Å². The van der Waals surface area contributed by atoms with Gasteiger partial charge in [0.05, 0.1) is 24.0 Å². The Balaban J connectivity index is 1.79. The summed E-state index contributed by atoms with van der Waals surface area (Å²) in [7, 11) is 1.70. The number of benzene rings is 2. The lowest BCUT2D eigenvalue weighted by atomic mass is 10.2. The fourth-order valence-electron chi connectivity index (χ4n) is 2.74. The van der Waals surface area contributed by atoms with E-state index in [1.165, 1.54) is 0 Å². The molecule has 0 fully saturated rings. The van der Waals surface area contributed by atoms with Crippen LogP contribution in [0.1, 0.15) is 5.56 Å². The maximum atomic E-state index is 5.18. The van der Waals surface area contributed by atoms with Crippen LogP contribution in [-0.4, -0.2) is 26.2 Å². The molecule has 0 saturated carbocycles. The third kappa shape index (κ3) is 2.51. The molecular weight excluding hydrogens is 288 g/mol. The van der Waals surface area contributed by atoms with Crippen molar-refractivity contribution in [2.24, 2.45) is 0 Å². The standard InChI is InChI=1S/C18H16N4O/c1-23-11-14-5-6-18-17(9-14)20-13-22(18)16-4-2-3-15(10-16)21-8-7-19-12-21/h2-10,12-13H,11H2,1H3. The molecule has 0 aliphatic heterocycles. The summed E-state index contributed by atoms with van der Waals surface area (Å²) in [6, 6.07) is 14.5. The molecule has 0 aliphatic rings. The van der Waals surface area contributed by atoms with E-state index in [-0.39, 0.29) is 0 Å². The largest absolute Gasteiger partial charge is 0.380 e. The number of aromatic nitrogens is 4. The molecule has 23 heavy (non-hydrogen) atoms. The number of hydrogen-bond acceptors (Lipinski definition) is 3. The Morgan fingerprint density at radius 3 is 2.78 bits per heavy atom. The lowest BCUT2D eigenvalue weighted by Crippen LogP contribution is -1.96. The van der Waals surface area contributed by atoms with E-state index in [2.05, 4.69) is 50.9 Å². The molecule has 4 rings (SSSR count). The maximum absolute atomic E-state index is 5.18. The SMILES string of the molecule is COCc1ccc2c(c1)ncn2-c1cccc(-n2ccnc2)c1. The fraction of sp³-hybridized carbons (Fsp3) is 0.111. The minimum absolute atomic E-state index is 0.596. The van der Waals surface area contributed by atoms with E-state index in [0.29, 0.717) is 6.61 Å². The average Bonchev–Trinajstić information content (AvgIpc) is 3.25. The van der Waals surface area contributed by atoms with Crippen LogP contribution in [0.5, 0.6) is 0 Å². The normalized spacial score (nSPS) is 11.2. The highest BCUT2D eigenvalue weighted by molar-refractivity contribution is 5.78. The molecule has 0 N–H and O–H groups in total. The molecule has 0 radical (unpaired) electrons. The molecule has 114 valence electrons. The van der Waals surface area contributed by atoms with Crippen molar-refractivity contribution in [3.8, 4) is 11.4 Å². The van der Waals surface area contributed by atoms with Gasteiger partial charge in [0.15, 0.2) is 0 Å². The fourth-order valence-corrected chi connectivity index (χ4v) is 2.74. The molecule has 0 spiro atoms. The first kappa shape index (κ1) is 13.7. The highest BCUT2D eigenvalue weighted by Gasteiger charge is 2.07. The molecule has 5 heteroatoms. The van der Waals surface area contributed by atoms with Gasteiger partial charge < -0.3 is 9.30 Å². The summed E-state index contributed by atoms with van der Waals surface area (Å²) >= 11 is 0. The van der Waals surface area contributed by atoms with Crippen LogP contribution in [0.2, 0.25) is 0 Å². The van der Waals surface area contributed by atoms with Gasteiger partial charge in [-0.3, -0.25) is 4.57 Å². The van der Waals surface area contributed by atoms with Gasteiger partial charge in [0, 0.05) is 30.9 Å². The molecular formula is C18H16N4O. The van der Waals surface area contributed by atoms with Gasteiger partial charge in [0.1, 0.15) is 6.33 Å². The van der Waals surface area contributed by atoms with Gasteiger partial charge in [-0.25, -0.2) is 9.97 Å². The number of ether oxygens (including phenoxy) is 1. The molecule has 2 heterocycles. The molecule has 0 atom stereocenters. The van der Waals surface area contributed by atoms with Crippen molar-refractivity contribution < 1.29 is 4.74 Å². The van der Waals surface area contributed by atoms with Gasteiger partial charge >= 0.3 is 0 Å². The Kier molecular flexibility index (Phi) is 3.40. The van der Waals surface area contributed by atoms with E-state index in [1.807, 2.05) is 23.2 Å². The quantitative estimate of drug-likeness (QED) is 0.581. The number of rotatable bonds is 4. The van der Waals surface area contributed by atoms with Crippen molar-refractivity contribution in [2.45, 2.75) is 6.61 Å². The van der Waals surface area contributed by atoms with Crippen molar-refractivity contribution in [3.63, 3.8) is 0 Å². The Bertz CT molecular complexity index is 941. The Labute approximate surface area is 133 Å². The first-order valence-electron chi connectivity index (χ1n) is 7.39. The van der Waals surface area contributed by atoms with Crippen LogP contribution in [0.4, 0.5) is 0 Å². The second-order valence-corrected chi connectivity index (χ2v) is 5.36. The Morgan fingerprint density at radius 1 is 1.04 bits per heavy atom. The maximum Gasteiger partial charge on any atom is 0.100 e. The van der Waals surface area contributed by atoms with Crippen molar-refractivity contribution >= 4 is 11.0 Å². The molecule has 5 nitrogen and oxygen atoms in total. The van der Waals surface area contributed by atoms with Crippen LogP contribution in [0.25, 0.3) is 22.4 Å². The predicted molar refractivity (Wildman–Crippen MR) is 88.9 cm³/mol. The zero-order valence-corrected chi connectivity index (χ0v) is 12.8. The number of methoxy groups -OCH3 is 1. The third-order valence-electron chi connectivity index (χ3n) is 3.83. The molecule has 0 bridgehead atoms. The van der Waals surface area contributed by atoms with E-state index in [0.717, 1.165) is 28.0 Å². The van der Waals surface area contributed by atoms with Gasteiger partial charge in [0.2, 0.25) is 0 Å². The average molecular weight is 304 g/mol. The third-order valence-corrected chi connectivity index (χ3v) is 3.83. The van der Waals surface area contributed by atoms with Crippen LogP contribution in [0.3, 0.4) is 0 Å². The number of imidazole rings is 2. The highest BCUT2D eigenvalue weighted by atomic mass is 16.5. The monoisotopic (exact) mass is 304 g/mol. The van der Waals surface area contributed by atoms with Crippen LogP contribution in [0.15, 0.2) is 67.5 Å². The number of fused-ring (bicyclic) bond motifs is 1. The van der Waals surface area contributed by atoms with Crippen molar-refractivity contribution in [3.05, 3.63) is 73.1 Å². The second-order valence-electron chi connectivity index (χ2n) is 5.36. The molecule has 2 aromatic heterocycles. The van der Waals surface area contributed by atoms with E-state index < -0.39 is 0 Å². The van der Waals surface area contributed by atoms with E-state index in [1.54, 1.807) is 19.6 Å². The van der Waals surface area contributed by atoms with Gasteiger partial charge in [-0.15, -0.1) is 0 Å². The van der Waals surface area contributed by atoms with Gasteiger partial charge in [-0.2, -0.15) is 0 Å². The van der Waals surface area contributed by atoms with E-state index in [9.17, 15) is 0 Å². The van der Waals surface area contributed by atoms with Crippen LogP contribution >= 0.6 is 0 Å². The lowest BCUT2D eigenvalue weighted by molar-refractivity contribution is 0.185. The van der Waals surface area contributed by atoms with Crippen molar-refractivity contribution in [1.29, 1.82) is 0 Å². The van der Waals surface area contributed by atoms with Crippen molar-refractivity contribution in [1.82, 2.24) is 19.1 Å². The highest BCUT2D eigenvalue weighted by Crippen LogP contribution is 2.21. The number of hydrogen-bond donors (Lipinski definition) is 0. The van der Waals surface area contributed by atoms with Crippen LogP contribution < -0.4 is 0 Å². The topological polar surface area (TPSA) is 44.9 Å². The summed E-state index contributed by atoms with van der Waals surface area (Å²) in [6.07, 6.45) is 7.36. The zero-order chi connectivity index (χ0) is 15.6. The molecule has 0 unspecified atom stereocenters. The molecule has 4 aromatic rings. The Morgan fingerprint density at radius 2 is 1.96 bits per heavy atom. The van der Waals surface area contributed by atoms with Gasteiger partial charge in [-0.05, 0) is 35.9 Å². The summed E-state index contributed by atoms with van der Waals surface area (Å²) in [5, 5.41) is 0. The summed E-state index contributed by atoms with van der Waals surface area (Å²) < 4.78 is 9.26. The van der Waals surface area contributed by atoms with Crippen LogP contribution in [-0.2, 0) is 11.3 Å². The number of nitrogens with zero attached hydrogens (tertiary/aromatic N) is 4. The van der Waals surface area contributed by atoms with E-state index in [4.69, 9.17) is 4.74 Å². The Hall–Kier alpha value is -2.92. The lowest BCUT2D eigenvalue weighted by Gasteiger charge is -2.08. The minimum atomic E-state index is 0.596. The summed E-state index contributed by atoms with van der Waals surface area (Å²) in [5.74, 6) is 0. The minimum Gasteiger partial charge on any atom is -0.380 e. The van der Waals surface area contributed by atoms with E-state index >= 15 is 0 Å². The first-order valence-corrected chi connectivity index (χ1v) is 7.39. The summed E-state index contributed by atoms with van der Waals surface area (Å²) in [5.41, 5.74) is 5.30. The first-order chi connectivity index (χ1) is 11.3. The summed E-state index contributed by atoms with van der Waals surface area (Å²) in [4.78, 5) is 8.62. The smallest absolute Gasteiger partial charge is 0.100 e. The molecule has 2 aromatic carbocycles.